The molecule has 1 aromatic rings. The molecule has 1 atom stereocenters. The van der Waals surface area contributed by atoms with E-state index in [4.69, 9.17) is 4.74 Å². The first kappa shape index (κ1) is 23.8. The number of amides is 2. The highest BCUT2D eigenvalue weighted by molar-refractivity contribution is 5.94. The maximum Gasteiger partial charge on any atom is 0.269 e. The van der Waals surface area contributed by atoms with Crippen LogP contribution in [-0.4, -0.2) is 60.0 Å². The number of hydrogen-bond donors (Lipinski definition) is 2. The zero-order chi connectivity index (χ0) is 22.1. The van der Waals surface area contributed by atoms with Crippen molar-refractivity contribution in [1.82, 2.24) is 10.2 Å². The van der Waals surface area contributed by atoms with E-state index in [0.29, 0.717) is 44.8 Å². The molecule has 1 aromatic carbocycles. The van der Waals surface area contributed by atoms with E-state index in [1.165, 1.54) is 24.3 Å². The van der Waals surface area contributed by atoms with Crippen LogP contribution in [0.2, 0.25) is 0 Å². The summed E-state index contributed by atoms with van der Waals surface area (Å²) in [6, 6.07) is 5.41. The Morgan fingerprint density at radius 1 is 1.20 bits per heavy atom. The van der Waals surface area contributed by atoms with Gasteiger partial charge in [-0.3, -0.25) is 24.6 Å². The minimum Gasteiger partial charge on any atom is -0.379 e. The van der Waals surface area contributed by atoms with E-state index < -0.39 is 4.92 Å². The van der Waals surface area contributed by atoms with Crippen molar-refractivity contribution < 1.29 is 19.2 Å². The molecule has 166 valence electrons. The van der Waals surface area contributed by atoms with Crippen LogP contribution in [-0.2, 0) is 14.3 Å². The fraction of sp³-hybridized carbons (Fsp3) is 0.619. The van der Waals surface area contributed by atoms with Gasteiger partial charge in [-0.2, -0.15) is 0 Å². The van der Waals surface area contributed by atoms with Crippen LogP contribution in [0.1, 0.15) is 40.0 Å². The van der Waals surface area contributed by atoms with Gasteiger partial charge < -0.3 is 15.4 Å². The number of nitro groups is 1. The topological polar surface area (TPSA) is 114 Å². The molecule has 1 unspecified atom stereocenters. The van der Waals surface area contributed by atoms with Crippen molar-refractivity contribution in [2.75, 3.05) is 31.6 Å². The van der Waals surface area contributed by atoms with Gasteiger partial charge in [0.15, 0.2) is 0 Å². The van der Waals surface area contributed by atoms with Crippen molar-refractivity contribution in [1.29, 1.82) is 0 Å². The maximum atomic E-state index is 12.5. The van der Waals surface area contributed by atoms with E-state index >= 15 is 0 Å². The molecule has 0 spiro atoms. The average Bonchev–Trinajstić information content (AvgIpc) is 2.73. The van der Waals surface area contributed by atoms with Gasteiger partial charge in [0.1, 0.15) is 0 Å². The highest BCUT2D eigenvalue weighted by Crippen LogP contribution is 2.21. The van der Waals surface area contributed by atoms with Crippen molar-refractivity contribution in [3.63, 3.8) is 0 Å². The molecule has 1 heterocycles. The Balaban J connectivity index is 1.72. The van der Waals surface area contributed by atoms with E-state index in [0.717, 1.165) is 6.42 Å². The number of ether oxygens (including phenoxy) is 1. The number of piperidine rings is 1. The number of carbonyl (C=O) groups is 2. The van der Waals surface area contributed by atoms with Crippen LogP contribution in [0.4, 0.5) is 11.4 Å². The summed E-state index contributed by atoms with van der Waals surface area (Å²) in [6.45, 7) is 8.39. The molecule has 0 saturated carbocycles. The molecule has 1 aliphatic rings. The number of hydrogen-bond acceptors (Lipinski definition) is 6. The minimum absolute atomic E-state index is 0.0196. The Hall–Kier alpha value is -2.52. The number of anilines is 1. The van der Waals surface area contributed by atoms with Crippen LogP contribution >= 0.6 is 0 Å². The molecule has 1 saturated heterocycles. The lowest BCUT2D eigenvalue weighted by Crippen LogP contribution is -2.48. The fourth-order valence-electron chi connectivity index (χ4n) is 3.38. The second kappa shape index (κ2) is 11.6. The van der Waals surface area contributed by atoms with Crippen molar-refractivity contribution in [2.45, 2.75) is 52.2 Å². The maximum absolute atomic E-state index is 12.5. The van der Waals surface area contributed by atoms with Crippen LogP contribution in [0.3, 0.4) is 0 Å². The van der Waals surface area contributed by atoms with Crippen LogP contribution < -0.4 is 10.6 Å². The van der Waals surface area contributed by atoms with Gasteiger partial charge >= 0.3 is 0 Å². The zero-order valence-corrected chi connectivity index (χ0v) is 17.9. The smallest absolute Gasteiger partial charge is 0.269 e. The van der Waals surface area contributed by atoms with Gasteiger partial charge in [-0.25, -0.2) is 0 Å². The van der Waals surface area contributed by atoms with Crippen molar-refractivity contribution in [3.05, 3.63) is 34.4 Å². The lowest BCUT2D eigenvalue weighted by molar-refractivity contribution is -0.384. The molecule has 2 N–H and O–H groups in total. The fourth-order valence-corrected chi connectivity index (χ4v) is 3.38. The summed E-state index contributed by atoms with van der Waals surface area (Å²) >= 11 is 0. The van der Waals surface area contributed by atoms with E-state index in [1.807, 2.05) is 20.8 Å². The van der Waals surface area contributed by atoms with Gasteiger partial charge in [0.05, 0.1) is 17.1 Å². The molecule has 9 heteroatoms. The second-order valence-corrected chi connectivity index (χ2v) is 7.84. The van der Waals surface area contributed by atoms with Gasteiger partial charge in [0, 0.05) is 36.9 Å². The van der Waals surface area contributed by atoms with E-state index in [1.54, 1.807) is 0 Å². The monoisotopic (exact) mass is 420 g/mol. The summed E-state index contributed by atoms with van der Waals surface area (Å²) in [5.41, 5.74) is 0.502. The first-order valence-electron chi connectivity index (χ1n) is 10.5. The lowest BCUT2D eigenvalue weighted by Gasteiger charge is -2.34. The number of nitrogens with one attached hydrogen (secondary N) is 2. The summed E-state index contributed by atoms with van der Waals surface area (Å²) in [5, 5.41) is 16.5. The lowest BCUT2D eigenvalue weighted by atomic mass is 9.95. The van der Waals surface area contributed by atoms with Gasteiger partial charge in [-0.15, -0.1) is 0 Å². The molecule has 0 aromatic heterocycles. The SMILES string of the molecule is CC(C)OCCCNC(=O)C1CCN(C(C)C(=O)Nc2ccc([N+](=O)[O-])cc2)CC1. The van der Waals surface area contributed by atoms with E-state index in [2.05, 4.69) is 15.5 Å². The van der Waals surface area contributed by atoms with Gasteiger partial charge in [-0.1, -0.05) is 0 Å². The summed E-state index contributed by atoms with van der Waals surface area (Å²) in [7, 11) is 0. The van der Waals surface area contributed by atoms with Crippen LogP contribution in [0.15, 0.2) is 24.3 Å². The molecule has 30 heavy (non-hydrogen) atoms. The van der Waals surface area contributed by atoms with Crippen molar-refractivity contribution in [2.24, 2.45) is 5.92 Å². The number of non-ortho nitro benzene ring substituents is 1. The molecule has 0 bridgehead atoms. The Bertz CT molecular complexity index is 715. The second-order valence-electron chi connectivity index (χ2n) is 7.84. The number of nitrogens with zero attached hydrogens (tertiary/aromatic N) is 2. The quantitative estimate of drug-likeness (QED) is 0.342. The molecule has 2 amide bonds. The van der Waals surface area contributed by atoms with Crippen molar-refractivity contribution in [3.8, 4) is 0 Å². The molecule has 9 nitrogen and oxygen atoms in total. The summed E-state index contributed by atoms with van der Waals surface area (Å²) in [4.78, 5) is 37.1. The van der Waals surface area contributed by atoms with E-state index in [-0.39, 0.29) is 35.6 Å². The summed E-state index contributed by atoms with van der Waals surface area (Å²) in [5.74, 6) is -0.128. The normalized spacial score (nSPS) is 16.3. The molecule has 0 aliphatic carbocycles. The summed E-state index contributed by atoms with van der Waals surface area (Å²) < 4.78 is 5.47. The zero-order valence-electron chi connectivity index (χ0n) is 17.9. The number of nitro benzene ring substituents is 1. The molecule has 1 fully saturated rings. The molecular weight excluding hydrogens is 388 g/mol. The Labute approximate surface area is 177 Å². The minimum atomic E-state index is -0.478. The largest absolute Gasteiger partial charge is 0.379 e. The Morgan fingerprint density at radius 2 is 1.83 bits per heavy atom. The first-order valence-corrected chi connectivity index (χ1v) is 10.5. The third-order valence-corrected chi connectivity index (χ3v) is 5.24. The van der Waals surface area contributed by atoms with E-state index in [9.17, 15) is 19.7 Å². The van der Waals surface area contributed by atoms with Gasteiger partial charge in [-0.05, 0) is 65.3 Å². The van der Waals surface area contributed by atoms with Crippen molar-refractivity contribution >= 4 is 23.2 Å². The number of carbonyl (C=O) groups excluding carboxylic acids is 2. The molecule has 2 rings (SSSR count). The average molecular weight is 421 g/mol. The standard InChI is InChI=1S/C21H32N4O5/c1-15(2)30-14-4-11-22-21(27)17-9-12-24(13-10-17)16(3)20(26)23-18-5-7-19(8-6-18)25(28)29/h5-8,15-17H,4,9-14H2,1-3H3,(H,22,27)(H,23,26). The number of rotatable bonds is 10. The molecular formula is C21H32N4O5. The third-order valence-electron chi connectivity index (χ3n) is 5.24. The predicted molar refractivity (Wildman–Crippen MR) is 114 cm³/mol. The van der Waals surface area contributed by atoms with Crippen LogP contribution in [0.5, 0.6) is 0 Å². The Kier molecular flexibility index (Phi) is 9.19. The highest BCUT2D eigenvalue weighted by atomic mass is 16.6. The highest BCUT2D eigenvalue weighted by Gasteiger charge is 2.29. The Morgan fingerprint density at radius 3 is 2.40 bits per heavy atom. The van der Waals surface area contributed by atoms with Gasteiger partial charge in [0.2, 0.25) is 11.8 Å². The number of benzene rings is 1. The van der Waals surface area contributed by atoms with Gasteiger partial charge in [0.25, 0.3) is 5.69 Å². The summed E-state index contributed by atoms with van der Waals surface area (Å²) in [6.07, 6.45) is 2.42. The number of likely N-dealkylation sites (tertiary alicyclic amines) is 1. The first-order chi connectivity index (χ1) is 14.3. The third kappa shape index (κ3) is 7.38. The van der Waals surface area contributed by atoms with Crippen LogP contribution in [0, 0.1) is 16.0 Å². The molecule has 1 aliphatic heterocycles. The van der Waals surface area contributed by atoms with Crippen LogP contribution in [0.25, 0.3) is 0 Å². The molecule has 0 radical (unpaired) electrons. The predicted octanol–water partition coefficient (Wildman–Crippen LogP) is 2.57.